The first-order chi connectivity index (χ1) is 12.7. The molecule has 0 unspecified atom stereocenters. The summed E-state index contributed by atoms with van der Waals surface area (Å²) in [5.74, 6) is 0.629. The Morgan fingerprint density at radius 2 is 1.81 bits per heavy atom. The van der Waals surface area contributed by atoms with Gasteiger partial charge in [0.1, 0.15) is 0 Å². The Bertz CT molecular complexity index is 913. The van der Waals surface area contributed by atoms with E-state index in [0.717, 1.165) is 63.6 Å². The third-order valence-corrected chi connectivity index (χ3v) is 6.28. The lowest BCUT2D eigenvalue weighted by molar-refractivity contribution is 0.0948. The van der Waals surface area contributed by atoms with Crippen LogP contribution < -0.4 is 10.6 Å². The van der Waals surface area contributed by atoms with Crippen LogP contribution in [0.1, 0.15) is 22.5 Å². The Balaban J connectivity index is 1.49. The summed E-state index contributed by atoms with van der Waals surface area (Å²) in [5, 5.41) is 8.31. The number of halogens is 1. The number of hydrogen-bond acceptors (Lipinski definition) is 3. The number of hydrogen-bond donors (Lipinski definition) is 2. The zero-order chi connectivity index (χ0) is 17.9. The molecule has 2 N–H and O–H groups in total. The molecule has 3 aromatic rings. The molecule has 134 valence electrons. The average Bonchev–Trinajstić information content (AvgIpc) is 3.11. The molecule has 1 saturated heterocycles. The molecule has 0 saturated carbocycles. The second-order valence-corrected chi connectivity index (χ2v) is 8.29. The Morgan fingerprint density at radius 1 is 1.08 bits per heavy atom. The predicted molar refractivity (Wildman–Crippen MR) is 110 cm³/mol. The second kappa shape index (κ2) is 7.78. The number of fused-ring (bicyclic) bond motifs is 1. The van der Waals surface area contributed by atoms with Crippen LogP contribution in [0.4, 0.5) is 0 Å². The first-order valence-electron chi connectivity index (χ1n) is 8.97. The summed E-state index contributed by atoms with van der Waals surface area (Å²) in [6.07, 6.45) is 2.27. The Hall–Kier alpha value is -1.88. The summed E-state index contributed by atoms with van der Waals surface area (Å²) in [4.78, 5) is 13.3. The summed E-state index contributed by atoms with van der Waals surface area (Å²) >= 11 is 7.53. The van der Waals surface area contributed by atoms with E-state index in [0.29, 0.717) is 5.92 Å². The highest BCUT2D eigenvalue weighted by molar-refractivity contribution is 7.20. The van der Waals surface area contributed by atoms with Crippen molar-refractivity contribution in [2.24, 2.45) is 5.92 Å². The van der Waals surface area contributed by atoms with Gasteiger partial charge in [0, 0.05) is 16.3 Å². The number of thiophene rings is 1. The number of carbonyl (C=O) groups excluding carboxylic acids is 1. The van der Waals surface area contributed by atoms with Gasteiger partial charge in [0.15, 0.2) is 0 Å². The van der Waals surface area contributed by atoms with Crippen molar-refractivity contribution in [3.8, 4) is 11.1 Å². The fourth-order valence-corrected chi connectivity index (χ4v) is 4.52. The van der Waals surface area contributed by atoms with Gasteiger partial charge in [0.05, 0.1) is 4.88 Å². The summed E-state index contributed by atoms with van der Waals surface area (Å²) in [5.41, 5.74) is 2.26. The molecule has 1 aliphatic rings. The molecule has 1 aliphatic heterocycles. The van der Waals surface area contributed by atoms with Crippen LogP contribution in [-0.4, -0.2) is 25.5 Å². The van der Waals surface area contributed by atoms with Crippen molar-refractivity contribution in [3.63, 3.8) is 0 Å². The lowest BCUT2D eigenvalue weighted by Gasteiger charge is -2.22. The number of amides is 1. The Kier molecular flexibility index (Phi) is 5.25. The van der Waals surface area contributed by atoms with E-state index in [-0.39, 0.29) is 5.91 Å². The van der Waals surface area contributed by atoms with Crippen LogP contribution in [0.15, 0.2) is 48.5 Å². The molecule has 1 amide bonds. The monoisotopic (exact) mass is 384 g/mol. The van der Waals surface area contributed by atoms with Crippen molar-refractivity contribution >= 4 is 38.9 Å². The smallest absolute Gasteiger partial charge is 0.261 e. The summed E-state index contributed by atoms with van der Waals surface area (Å²) < 4.78 is 1.13. The largest absolute Gasteiger partial charge is 0.351 e. The second-order valence-electron chi connectivity index (χ2n) is 6.77. The number of nitrogens with one attached hydrogen (secondary N) is 2. The standard InChI is InChI=1S/C21H21ClN2OS/c22-18-5-3-15(4-6-18)16-1-2-17-12-20(26-19(17)11-16)21(25)24-13-14-7-9-23-10-8-14/h1-6,11-12,14,23H,7-10,13H2,(H,24,25). The van der Waals surface area contributed by atoms with Gasteiger partial charge in [-0.05, 0) is 72.6 Å². The van der Waals surface area contributed by atoms with Gasteiger partial charge in [-0.25, -0.2) is 0 Å². The van der Waals surface area contributed by atoms with Crippen molar-refractivity contribution in [2.75, 3.05) is 19.6 Å². The van der Waals surface area contributed by atoms with Crippen LogP contribution in [0, 0.1) is 5.92 Å². The molecule has 4 rings (SSSR count). The molecule has 0 aliphatic carbocycles. The van der Waals surface area contributed by atoms with Gasteiger partial charge in [-0.15, -0.1) is 11.3 Å². The maximum Gasteiger partial charge on any atom is 0.261 e. The predicted octanol–water partition coefficient (Wildman–Crippen LogP) is 4.95. The van der Waals surface area contributed by atoms with Crippen molar-refractivity contribution in [3.05, 3.63) is 58.4 Å². The molecule has 26 heavy (non-hydrogen) atoms. The van der Waals surface area contributed by atoms with Crippen LogP contribution in [-0.2, 0) is 0 Å². The lowest BCUT2D eigenvalue weighted by atomic mass is 9.98. The van der Waals surface area contributed by atoms with Gasteiger partial charge in [-0.2, -0.15) is 0 Å². The fraction of sp³-hybridized carbons (Fsp3) is 0.286. The maximum absolute atomic E-state index is 12.5. The van der Waals surface area contributed by atoms with E-state index in [9.17, 15) is 4.79 Å². The molecular weight excluding hydrogens is 364 g/mol. The third-order valence-electron chi connectivity index (χ3n) is 4.93. The SMILES string of the molecule is O=C(NCC1CCNCC1)c1cc2ccc(-c3ccc(Cl)cc3)cc2s1. The van der Waals surface area contributed by atoms with E-state index in [1.54, 1.807) is 11.3 Å². The van der Waals surface area contributed by atoms with Crippen LogP contribution >= 0.6 is 22.9 Å². The van der Waals surface area contributed by atoms with Gasteiger partial charge in [0.2, 0.25) is 0 Å². The minimum Gasteiger partial charge on any atom is -0.351 e. The number of piperidine rings is 1. The molecule has 2 heterocycles. The lowest BCUT2D eigenvalue weighted by Crippen LogP contribution is -2.35. The zero-order valence-electron chi connectivity index (χ0n) is 14.4. The minimum atomic E-state index is 0.0396. The maximum atomic E-state index is 12.5. The molecule has 0 spiro atoms. The van der Waals surface area contributed by atoms with Gasteiger partial charge >= 0.3 is 0 Å². The van der Waals surface area contributed by atoms with E-state index >= 15 is 0 Å². The first kappa shape index (κ1) is 17.5. The van der Waals surface area contributed by atoms with Crippen LogP contribution in [0.3, 0.4) is 0 Å². The van der Waals surface area contributed by atoms with Gasteiger partial charge in [-0.1, -0.05) is 35.9 Å². The van der Waals surface area contributed by atoms with Gasteiger partial charge in [0.25, 0.3) is 5.91 Å². The average molecular weight is 385 g/mol. The number of carbonyl (C=O) groups is 1. The first-order valence-corrected chi connectivity index (χ1v) is 10.2. The molecule has 1 aromatic heterocycles. The quantitative estimate of drug-likeness (QED) is 0.668. The molecular formula is C21H21ClN2OS. The number of benzene rings is 2. The highest BCUT2D eigenvalue weighted by Crippen LogP contribution is 2.31. The van der Waals surface area contributed by atoms with Gasteiger partial charge < -0.3 is 10.6 Å². The molecule has 5 heteroatoms. The van der Waals surface area contributed by atoms with E-state index in [4.69, 9.17) is 11.6 Å². The molecule has 0 atom stereocenters. The molecule has 1 fully saturated rings. The molecule has 0 radical (unpaired) electrons. The summed E-state index contributed by atoms with van der Waals surface area (Å²) in [6.45, 7) is 2.87. The number of rotatable bonds is 4. The van der Waals surface area contributed by atoms with Crippen molar-refractivity contribution in [1.82, 2.24) is 10.6 Å². The topological polar surface area (TPSA) is 41.1 Å². The van der Waals surface area contributed by atoms with Crippen molar-refractivity contribution in [2.45, 2.75) is 12.8 Å². The highest BCUT2D eigenvalue weighted by atomic mass is 35.5. The highest BCUT2D eigenvalue weighted by Gasteiger charge is 2.16. The normalized spacial score (nSPS) is 15.3. The summed E-state index contributed by atoms with van der Waals surface area (Å²) in [6, 6.07) is 16.1. The van der Waals surface area contributed by atoms with Crippen LogP contribution in [0.2, 0.25) is 5.02 Å². The molecule has 0 bridgehead atoms. The fourth-order valence-electron chi connectivity index (χ4n) is 3.37. The Labute approximate surface area is 162 Å². The van der Waals surface area contributed by atoms with Crippen LogP contribution in [0.5, 0.6) is 0 Å². The van der Waals surface area contributed by atoms with Gasteiger partial charge in [-0.3, -0.25) is 4.79 Å². The van der Waals surface area contributed by atoms with E-state index in [2.05, 4.69) is 28.8 Å². The van der Waals surface area contributed by atoms with E-state index < -0.39 is 0 Å². The molecule has 3 nitrogen and oxygen atoms in total. The zero-order valence-corrected chi connectivity index (χ0v) is 16.0. The van der Waals surface area contributed by atoms with Crippen LogP contribution in [0.25, 0.3) is 21.2 Å². The Morgan fingerprint density at radius 3 is 2.58 bits per heavy atom. The molecule has 2 aromatic carbocycles. The van der Waals surface area contributed by atoms with E-state index in [1.165, 1.54) is 0 Å². The van der Waals surface area contributed by atoms with E-state index in [1.807, 2.05) is 30.3 Å². The third kappa shape index (κ3) is 3.93. The van der Waals surface area contributed by atoms with Crippen molar-refractivity contribution in [1.29, 1.82) is 0 Å². The minimum absolute atomic E-state index is 0.0396. The van der Waals surface area contributed by atoms with Crippen molar-refractivity contribution < 1.29 is 4.79 Å². The summed E-state index contributed by atoms with van der Waals surface area (Å²) in [7, 11) is 0.